The van der Waals surface area contributed by atoms with Crippen molar-refractivity contribution < 1.29 is 19.1 Å². The van der Waals surface area contributed by atoms with Gasteiger partial charge in [0.1, 0.15) is 17.0 Å². The van der Waals surface area contributed by atoms with Crippen LogP contribution in [0.2, 0.25) is 15.5 Å². The molecule has 0 spiro atoms. The Bertz CT molecular complexity index is 2580. The number of anilines is 2. The number of nitrogens with two attached hydrogens (primary N) is 1. The van der Waals surface area contributed by atoms with Gasteiger partial charge in [-0.2, -0.15) is 0 Å². The van der Waals surface area contributed by atoms with Crippen LogP contribution in [0.25, 0.3) is 33.1 Å². The van der Waals surface area contributed by atoms with E-state index in [4.69, 9.17) is 55.0 Å². The maximum Gasteiger partial charge on any atom is 0.306 e. The van der Waals surface area contributed by atoms with Crippen molar-refractivity contribution in [2.75, 3.05) is 42.5 Å². The quantitative estimate of drug-likeness (QED) is 0.0420. The molecule has 0 aliphatic heterocycles. The summed E-state index contributed by atoms with van der Waals surface area (Å²) in [6.45, 7) is 13.1. The standard InChI is InChI=1S/C20H30N4O2S.C19H26ClN3O2S.C9H6Cl2N2S/c1-20(2,3)26-18(25)8-6-5-7-11-22-19-17(13-21)23-15-10-9-14(27-4)12-16(15)24-19;1-19(2,3)25-16(24)8-6-5-7-11-21-18-17(20)22-14-10-9-13(26-4)12-15(14)23-18;1-14-5-2-3-6-7(4-5)13-9(11)8(10)12-6/h9-10,12H,5-8,11,13,21H2,1-4H3,(H,22,24);9-10,12H,5-8,11H2,1-4H3,(H,21,23);2-4H,1H3. The number of hydrogen-bond donors (Lipinski definition) is 3. The monoisotopic (exact) mass is 1030 g/mol. The fraction of sp³-hybridized carbons (Fsp3) is 0.458. The average Bonchev–Trinajstić information content (AvgIpc) is 3.27. The van der Waals surface area contributed by atoms with Gasteiger partial charge < -0.3 is 25.8 Å². The van der Waals surface area contributed by atoms with E-state index >= 15 is 0 Å². The number of nitrogens with zero attached hydrogens (tertiary/aromatic N) is 6. The minimum absolute atomic E-state index is 0.133. The van der Waals surface area contributed by atoms with Crippen molar-refractivity contribution in [2.45, 2.75) is 125 Å². The molecule has 19 heteroatoms. The molecule has 0 bridgehead atoms. The molecular weight excluding hydrogens is 969 g/mol. The second kappa shape index (κ2) is 27.3. The van der Waals surface area contributed by atoms with E-state index in [1.54, 1.807) is 35.3 Å². The van der Waals surface area contributed by atoms with Crippen LogP contribution in [0.4, 0.5) is 11.6 Å². The summed E-state index contributed by atoms with van der Waals surface area (Å²) in [6, 6.07) is 17.8. The summed E-state index contributed by atoms with van der Waals surface area (Å²) in [4.78, 5) is 53.3. The highest BCUT2D eigenvalue weighted by Crippen LogP contribution is 2.27. The first-order valence-electron chi connectivity index (χ1n) is 22.0. The molecule has 0 atom stereocenters. The van der Waals surface area contributed by atoms with Crippen molar-refractivity contribution in [3.63, 3.8) is 0 Å². The Morgan fingerprint density at radius 2 is 0.896 bits per heavy atom. The van der Waals surface area contributed by atoms with Crippen LogP contribution in [0, 0.1) is 0 Å². The third-order valence-corrected chi connectivity index (χ3v) is 12.4. The summed E-state index contributed by atoms with van der Waals surface area (Å²) in [5.74, 6) is 1.07. The number of aromatic nitrogens is 6. The number of nitrogens with one attached hydrogen (secondary N) is 2. The fourth-order valence-corrected chi connectivity index (χ4v) is 7.96. The molecule has 0 fully saturated rings. The number of carbonyl (C=O) groups is 2. The van der Waals surface area contributed by atoms with Crippen LogP contribution in [-0.2, 0) is 25.6 Å². The summed E-state index contributed by atoms with van der Waals surface area (Å²) in [6.07, 6.45) is 12.4. The Balaban J connectivity index is 0.000000230. The second-order valence-electron chi connectivity index (χ2n) is 17.1. The Labute approximate surface area is 422 Å². The molecule has 6 aromatic rings. The van der Waals surface area contributed by atoms with Gasteiger partial charge in [-0.1, -0.05) is 47.6 Å². The highest BCUT2D eigenvalue weighted by Gasteiger charge is 2.17. The normalized spacial score (nSPS) is 11.4. The van der Waals surface area contributed by atoms with Gasteiger partial charge in [-0.3, -0.25) is 9.59 Å². The minimum atomic E-state index is -0.416. The Hall–Kier alpha value is -3.90. The topological polar surface area (TPSA) is 180 Å². The third kappa shape index (κ3) is 19.6. The minimum Gasteiger partial charge on any atom is -0.460 e. The molecule has 3 aromatic heterocycles. The van der Waals surface area contributed by atoms with Gasteiger partial charge >= 0.3 is 11.9 Å². The number of benzene rings is 3. The number of rotatable bonds is 18. The number of thioether (sulfide) groups is 3. The Morgan fingerprint density at radius 1 is 0.522 bits per heavy atom. The van der Waals surface area contributed by atoms with Gasteiger partial charge in [-0.15, -0.1) is 35.3 Å². The molecule has 4 N–H and O–H groups in total. The summed E-state index contributed by atoms with van der Waals surface area (Å²) < 4.78 is 10.6. The first-order valence-corrected chi connectivity index (χ1v) is 26.8. The van der Waals surface area contributed by atoms with E-state index in [1.807, 2.05) is 115 Å². The molecule has 6 rings (SSSR count). The van der Waals surface area contributed by atoms with Gasteiger partial charge in [0.25, 0.3) is 0 Å². The molecule has 0 aliphatic rings. The largest absolute Gasteiger partial charge is 0.460 e. The SMILES string of the molecule is CSc1ccc2nc(CN)c(NCCCCCC(=O)OC(C)(C)C)nc2c1.CSc1ccc2nc(Cl)c(Cl)nc2c1.CSc1ccc2nc(Cl)c(NCCCCCC(=O)OC(C)(C)C)nc2c1. The maximum atomic E-state index is 11.7. The predicted octanol–water partition coefficient (Wildman–Crippen LogP) is 13.1. The summed E-state index contributed by atoms with van der Waals surface area (Å²) in [5, 5.41) is 7.46. The van der Waals surface area contributed by atoms with Crippen LogP contribution < -0.4 is 16.4 Å². The summed E-state index contributed by atoms with van der Waals surface area (Å²) >= 11 is 22.7. The van der Waals surface area contributed by atoms with E-state index < -0.39 is 11.2 Å². The van der Waals surface area contributed by atoms with Crippen LogP contribution in [0.3, 0.4) is 0 Å². The van der Waals surface area contributed by atoms with Crippen molar-refractivity contribution in [3.05, 3.63) is 75.8 Å². The lowest BCUT2D eigenvalue weighted by atomic mass is 10.1. The van der Waals surface area contributed by atoms with Gasteiger partial charge in [0.2, 0.25) is 0 Å². The molecule has 67 heavy (non-hydrogen) atoms. The average molecular weight is 1030 g/mol. The highest BCUT2D eigenvalue weighted by molar-refractivity contribution is 7.99. The number of carbonyl (C=O) groups excluding carboxylic acids is 2. The number of hydrogen-bond acceptors (Lipinski definition) is 16. The molecule has 362 valence electrons. The van der Waals surface area contributed by atoms with Crippen molar-refractivity contribution >= 4 is 127 Å². The van der Waals surface area contributed by atoms with Gasteiger partial charge in [0.05, 0.1) is 38.8 Å². The van der Waals surface area contributed by atoms with Crippen LogP contribution in [-0.4, -0.2) is 84.9 Å². The van der Waals surface area contributed by atoms with E-state index in [0.717, 1.165) is 111 Å². The smallest absolute Gasteiger partial charge is 0.306 e. The van der Waals surface area contributed by atoms with E-state index in [9.17, 15) is 9.59 Å². The number of ether oxygens (including phenoxy) is 2. The van der Waals surface area contributed by atoms with Crippen molar-refractivity contribution in [3.8, 4) is 0 Å². The van der Waals surface area contributed by atoms with E-state index in [2.05, 4.69) is 35.6 Å². The second-order valence-corrected chi connectivity index (χ2v) is 20.8. The Kier molecular flexibility index (Phi) is 22.7. The van der Waals surface area contributed by atoms with E-state index in [1.165, 1.54) is 0 Å². The first-order chi connectivity index (χ1) is 31.8. The first kappa shape index (κ1) is 55.7. The molecule has 0 amide bonds. The van der Waals surface area contributed by atoms with Crippen LogP contribution in [0.15, 0.2) is 69.3 Å². The van der Waals surface area contributed by atoms with Gasteiger partial charge in [0.15, 0.2) is 21.3 Å². The van der Waals surface area contributed by atoms with Gasteiger partial charge in [-0.25, -0.2) is 29.9 Å². The molecule has 0 radical (unpaired) electrons. The van der Waals surface area contributed by atoms with Crippen LogP contribution >= 0.6 is 70.1 Å². The van der Waals surface area contributed by atoms with Crippen LogP contribution in [0.1, 0.15) is 98.6 Å². The zero-order chi connectivity index (χ0) is 49.1. The molecule has 3 aromatic carbocycles. The fourth-order valence-electron chi connectivity index (χ4n) is 6.19. The molecule has 13 nitrogen and oxygen atoms in total. The zero-order valence-electron chi connectivity index (χ0n) is 39.7. The molecule has 0 aliphatic carbocycles. The Morgan fingerprint density at radius 3 is 1.31 bits per heavy atom. The number of unbranched alkanes of at least 4 members (excludes halogenated alkanes) is 4. The van der Waals surface area contributed by atoms with E-state index in [0.29, 0.717) is 30.4 Å². The zero-order valence-corrected chi connectivity index (χ0v) is 44.4. The molecule has 3 heterocycles. The number of fused-ring (bicyclic) bond motifs is 3. The lowest BCUT2D eigenvalue weighted by Crippen LogP contribution is -2.23. The molecule has 0 unspecified atom stereocenters. The number of halogens is 3. The van der Waals surface area contributed by atoms with Gasteiger partial charge in [0, 0.05) is 47.2 Å². The maximum absolute atomic E-state index is 11.7. The van der Waals surface area contributed by atoms with Crippen molar-refractivity contribution in [2.24, 2.45) is 5.73 Å². The van der Waals surface area contributed by atoms with Gasteiger partial charge in [-0.05, 0) is 141 Å². The van der Waals surface area contributed by atoms with Crippen LogP contribution in [0.5, 0.6) is 0 Å². The summed E-state index contributed by atoms with van der Waals surface area (Å²) in [5.41, 5.74) is 10.6. The lowest BCUT2D eigenvalue weighted by molar-refractivity contribution is -0.156. The van der Waals surface area contributed by atoms with E-state index in [-0.39, 0.29) is 22.2 Å². The molecule has 0 saturated carbocycles. The number of esters is 2. The van der Waals surface area contributed by atoms with Crippen molar-refractivity contribution in [1.82, 2.24) is 29.9 Å². The summed E-state index contributed by atoms with van der Waals surface area (Å²) in [7, 11) is 0. The molecular formula is C48H62Cl3N9O4S3. The lowest BCUT2D eigenvalue weighted by Gasteiger charge is -2.19. The third-order valence-electron chi connectivity index (χ3n) is 9.30. The highest BCUT2D eigenvalue weighted by atomic mass is 35.5. The molecule has 0 saturated heterocycles. The predicted molar refractivity (Wildman–Crippen MR) is 282 cm³/mol. The van der Waals surface area contributed by atoms with Crippen molar-refractivity contribution in [1.29, 1.82) is 0 Å².